The van der Waals surface area contributed by atoms with Gasteiger partial charge < -0.3 is 18.9 Å². The first-order chi connectivity index (χ1) is 22.1. The summed E-state index contributed by atoms with van der Waals surface area (Å²) in [5, 5.41) is 0. The molecule has 6 nitrogen and oxygen atoms in total. The van der Waals surface area contributed by atoms with Gasteiger partial charge in [-0.05, 0) is 71.5 Å². The van der Waals surface area contributed by atoms with Crippen molar-refractivity contribution in [3.05, 3.63) is 144 Å². The first kappa shape index (κ1) is 31.3. The fourth-order valence-corrected chi connectivity index (χ4v) is 5.84. The van der Waals surface area contributed by atoms with Gasteiger partial charge in [-0.25, -0.2) is 9.59 Å². The first-order valence-corrected chi connectivity index (χ1v) is 15.3. The standard InChI is InChI=1S/C39H38O6/c1-3-11-37(40)44-27-9-25-42-31-21-17-29(18-22-31)39(35-15-7-5-13-33(35)34-14-6-8-16-36(34)39)30-19-23-32(24-20-30)43-26-10-28-45-38(41)12-4-2/h3-8,11-24H,9-10,25-28H2,1-2H3. The fourth-order valence-electron chi connectivity index (χ4n) is 5.84. The van der Waals surface area contributed by atoms with Gasteiger partial charge >= 0.3 is 11.9 Å². The first-order valence-electron chi connectivity index (χ1n) is 15.3. The van der Waals surface area contributed by atoms with Crippen molar-refractivity contribution in [2.45, 2.75) is 32.1 Å². The van der Waals surface area contributed by atoms with Crippen molar-refractivity contribution >= 4 is 11.9 Å². The minimum atomic E-state index is -0.535. The Morgan fingerprint density at radius 1 is 0.556 bits per heavy atom. The normalized spacial score (nSPS) is 12.9. The molecule has 0 amide bonds. The van der Waals surface area contributed by atoms with Crippen molar-refractivity contribution < 1.29 is 28.5 Å². The lowest BCUT2D eigenvalue weighted by atomic mass is 9.68. The largest absolute Gasteiger partial charge is 0.493 e. The zero-order valence-corrected chi connectivity index (χ0v) is 25.7. The van der Waals surface area contributed by atoms with E-state index in [1.54, 1.807) is 26.0 Å². The van der Waals surface area contributed by atoms with Gasteiger partial charge in [0.1, 0.15) is 11.5 Å². The summed E-state index contributed by atoms with van der Waals surface area (Å²) in [7, 11) is 0. The summed E-state index contributed by atoms with van der Waals surface area (Å²) in [6.07, 6.45) is 7.34. The van der Waals surface area contributed by atoms with Crippen LogP contribution in [0.3, 0.4) is 0 Å². The van der Waals surface area contributed by atoms with Crippen LogP contribution in [0.15, 0.2) is 121 Å². The van der Waals surface area contributed by atoms with Crippen molar-refractivity contribution in [2.75, 3.05) is 26.4 Å². The van der Waals surface area contributed by atoms with Crippen LogP contribution in [-0.4, -0.2) is 38.4 Å². The van der Waals surface area contributed by atoms with Gasteiger partial charge in [0.2, 0.25) is 0 Å². The van der Waals surface area contributed by atoms with Crippen LogP contribution in [0.1, 0.15) is 48.9 Å². The van der Waals surface area contributed by atoms with E-state index in [2.05, 4.69) is 72.8 Å². The fraction of sp³-hybridized carbons (Fsp3) is 0.231. The molecule has 0 saturated heterocycles. The predicted octanol–water partition coefficient (Wildman–Crippen LogP) is 7.83. The molecule has 4 aromatic rings. The highest BCUT2D eigenvalue weighted by Crippen LogP contribution is 2.56. The number of ether oxygens (including phenoxy) is 4. The second-order valence-corrected chi connectivity index (χ2v) is 10.6. The molecule has 1 aliphatic rings. The van der Waals surface area contributed by atoms with E-state index in [-0.39, 0.29) is 11.9 Å². The summed E-state index contributed by atoms with van der Waals surface area (Å²) in [5.74, 6) is 0.834. The average Bonchev–Trinajstić information content (AvgIpc) is 3.36. The van der Waals surface area contributed by atoms with Gasteiger partial charge in [-0.15, -0.1) is 0 Å². The highest BCUT2D eigenvalue weighted by molar-refractivity contribution is 5.86. The third kappa shape index (κ3) is 7.01. The third-order valence-electron chi connectivity index (χ3n) is 7.74. The Bertz CT molecular complexity index is 1520. The maximum atomic E-state index is 11.5. The highest BCUT2D eigenvalue weighted by atomic mass is 16.5. The van der Waals surface area contributed by atoms with Gasteiger partial charge in [-0.3, -0.25) is 0 Å². The van der Waals surface area contributed by atoms with E-state index in [1.165, 1.54) is 34.4 Å². The maximum absolute atomic E-state index is 11.5. The molecule has 0 aromatic heterocycles. The quantitative estimate of drug-likeness (QED) is 0.0733. The molecule has 0 N–H and O–H groups in total. The zero-order chi connectivity index (χ0) is 31.5. The second-order valence-electron chi connectivity index (χ2n) is 10.6. The lowest BCUT2D eigenvalue weighted by Crippen LogP contribution is -2.28. The molecular weight excluding hydrogens is 564 g/mol. The number of hydrogen-bond acceptors (Lipinski definition) is 6. The Kier molecular flexibility index (Phi) is 10.5. The van der Waals surface area contributed by atoms with E-state index >= 15 is 0 Å². The third-order valence-corrected chi connectivity index (χ3v) is 7.74. The molecule has 0 unspecified atom stereocenters. The minimum absolute atomic E-state index is 0.307. The molecule has 0 bridgehead atoms. The van der Waals surface area contributed by atoms with Crippen LogP contribution in [0.4, 0.5) is 0 Å². The van der Waals surface area contributed by atoms with E-state index in [9.17, 15) is 9.59 Å². The van der Waals surface area contributed by atoms with Gasteiger partial charge in [0.15, 0.2) is 0 Å². The number of carbonyl (C=O) groups excluding carboxylic acids is 2. The van der Waals surface area contributed by atoms with Gasteiger partial charge in [0.05, 0.1) is 31.8 Å². The Hall–Kier alpha value is -5.10. The summed E-state index contributed by atoms with van der Waals surface area (Å²) < 4.78 is 22.3. The van der Waals surface area contributed by atoms with Crippen molar-refractivity contribution in [3.8, 4) is 22.6 Å². The van der Waals surface area contributed by atoms with Crippen LogP contribution in [0.2, 0.25) is 0 Å². The van der Waals surface area contributed by atoms with Crippen LogP contribution in [0.25, 0.3) is 11.1 Å². The molecule has 0 fully saturated rings. The molecule has 5 rings (SSSR count). The summed E-state index contributed by atoms with van der Waals surface area (Å²) >= 11 is 0. The average molecular weight is 603 g/mol. The summed E-state index contributed by atoms with van der Waals surface area (Å²) in [6.45, 7) is 5.06. The molecule has 1 aliphatic carbocycles. The van der Waals surface area contributed by atoms with Crippen molar-refractivity contribution in [1.82, 2.24) is 0 Å². The Balaban J connectivity index is 1.38. The van der Waals surface area contributed by atoms with Crippen LogP contribution in [0.5, 0.6) is 11.5 Å². The zero-order valence-electron chi connectivity index (χ0n) is 25.7. The molecular formula is C39H38O6. The molecule has 4 aromatic carbocycles. The van der Waals surface area contributed by atoms with E-state index in [4.69, 9.17) is 18.9 Å². The predicted molar refractivity (Wildman–Crippen MR) is 176 cm³/mol. The van der Waals surface area contributed by atoms with Crippen molar-refractivity contribution in [2.24, 2.45) is 0 Å². The van der Waals surface area contributed by atoms with E-state index in [0.717, 1.165) is 22.6 Å². The van der Waals surface area contributed by atoms with Crippen molar-refractivity contribution in [1.29, 1.82) is 0 Å². The number of benzene rings is 4. The molecule has 0 saturated carbocycles. The van der Waals surface area contributed by atoms with E-state index in [1.807, 2.05) is 24.3 Å². The van der Waals surface area contributed by atoms with Crippen molar-refractivity contribution in [3.63, 3.8) is 0 Å². The smallest absolute Gasteiger partial charge is 0.330 e. The van der Waals surface area contributed by atoms with Gasteiger partial charge in [0.25, 0.3) is 0 Å². The Morgan fingerprint density at radius 2 is 0.956 bits per heavy atom. The summed E-state index contributed by atoms with van der Waals surface area (Å²) in [6, 6.07) is 33.8. The number of fused-ring (bicyclic) bond motifs is 3. The Labute approximate surface area is 264 Å². The summed E-state index contributed by atoms with van der Waals surface area (Å²) in [4.78, 5) is 23.0. The molecule has 6 heteroatoms. The molecule has 0 radical (unpaired) electrons. The molecule has 0 atom stereocenters. The lowest BCUT2D eigenvalue weighted by molar-refractivity contribution is -0.138. The van der Waals surface area contributed by atoms with Crippen LogP contribution in [0, 0.1) is 0 Å². The molecule has 0 spiro atoms. The molecule has 230 valence electrons. The van der Waals surface area contributed by atoms with Crippen LogP contribution >= 0.6 is 0 Å². The Morgan fingerprint density at radius 3 is 1.36 bits per heavy atom. The monoisotopic (exact) mass is 602 g/mol. The van der Waals surface area contributed by atoms with E-state index in [0.29, 0.717) is 39.3 Å². The van der Waals surface area contributed by atoms with Crippen LogP contribution in [-0.2, 0) is 24.5 Å². The number of esters is 2. The SMILES string of the molecule is CC=CC(=O)OCCCOc1ccc(C2(c3ccc(OCCCOC(=O)C=CC)cc3)c3ccccc3-c3ccccc32)cc1. The number of allylic oxidation sites excluding steroid dienone is 2. The number of carbonyl (C=O) groups is 2. The maximum Gasteiger partial charge on any atom is 0.330 e. The topological polar surface area (TPSA) is 71.1 Å². The molecule has 0 aliphatic heterocycles. The van der Waals surface area contributed by atoms with Gasteiger partial charge in [-0.2, -0.15) is 0 Å². The molecule has 0 heterocycles. The van der Waals surface area contributed by atoms with Gasteiger partial charge in [-0.1, -0.05) is 84.9 Å². The number of rotatable bonds is 14. The van der Waals surface area contributed by atoms with Gasteiger partial charge in [0, 0.05) is 25.0 Å². The highest BCUT2D eigenvalue weighted by Gasteiger charge is 2.45. The van der Waals surface area contributed by atoms with E-state index < -0.39 is 5.41 Å². The summed E-state index contributed by atoms with van der Waals surface area (Å²) in [5.41, 5.74) is 6.60. The second kappa shape index (κ2) is 15.1. The molecule has 45 heavy (non-hydrogen) atoms. The minimum Gasteiger partial charge on any atom is -0.493 e. The van der Waals surface area contributed by atoms with Crippen LogP contribution < -0.4 is 9.47 Å². The lowest BCUT2D eigenvalue weighted by Gasteiger charge is -2.34. The number of hydrogen-bond donors (Lipinski definition) is 0.